The molecule has 0 saturated carbocycles. The van der Waals surface area contributed by atoms with E-state index in [9.17, 15) is 0 Å². The summed E-state index contributed by atoms with van der Waals surface area (Å²) in [6, 6.07) is 64.9. The van der Waals surface area contributed by atoms with Crippen LogP contribution in [-0.2, 0) is 18.4 Å². The molecule has 0 amide bonds. The van der Waals surface area contributed by atoms with Gasteiger partial charge in [0.2, 0.25) is 0 Å². The highest BCUT2D eigenvalue weighted by atomic mass is 28.3. The second-order valence-corrected chi connectivity index (χ2v) is 22.3. The van der Waals surface area contributed by atoms with Crippen molar-refractivity contribution < 1.29 is 0 Å². The summed E-state index contributed by atoms with van der Waals surface area (Å²) in [5, 5.41) is 10.7. The molecule has 312 valence electrons. The lowest BCUT2D eigenvalue weighted by atomic mass is 9.92. The summed E-state index contributed by atoms with van der Waals surface area (Å²) < 4.78 is 7.73. The van der Waals surface area contributed by atoms with Crippen LogP contribution in [0, 0.1) is 0 Å². The Labute approximate surface area is 381 Å². The molecule has 0 fully saturated rings. The van der Waals surface area contributed by atoms with E-state index in [4.69, 9.17) is 0 Å². The van der Waals surface area contributed by atoms with Gasteiger partial charge in [0.1, 0.15) is 0 Å². The average molecular weight is 852 g/mol. The van der Waals surface area contributed by atoms with Gasteiger partial charge in [0.25, 0.3) is 0 Å². The number of benzene rings is 7. The Kier molecular flexibility index (Phi) is 8.69. The summed E-state index contributed by atoms with van der Waals surface area (Å²) in [5.41, 5.74) is 12.9. The molecule has 65 heavy (non-hydrogen) atoms. The molecule has 10 aromatic rings. The number of rotatable bonds is 7. The first-order valence-electron chi connectivity index (χ1n) is 23.4. The molecule has 0 aliphatic heterocycles. The Bertz CT molecular complexity index is 3610. The van der Waals surface area contributed by atoms with Crippen LogP contribution in [0.2, 0.25) is 0 Å². The lowest BCUT2D eigenvalue weighted by molar-refractivity contribution is 0.412. The molecule has 0 radical (unpaired) electrons. The Morgan fingerprint density at radius 3 is 1.77 bits per heavy atom. The van der Waals surface area contributed by atoms with Crippen molar-refractivity contribution in [3.63, 3.8) is 0 Å². The molecule has 0 saturated heterocycles. The fourth-order valence-electron chi connectivity index (χ4n) is 12.0. The third-order valence-corrected chi connectivity index (χ3v) is 19.6. The van der Waals surface area contributed by atoms with E-state index >= 15 is 0 Å². The van der Waals surface area contributed by atoms with Crippen LogP contribution in [0.3, 0.4) is 0 Å². The topological polar surface area (TPSA) is 14.8 Å². The monoisotopic (exact) mass is 851 g/mol. The predicted molar refractivity (Wildman–Crippen MR) is 278 cm³/mol. The third-order valence-electron chi connectivity index (χ3n) is 14.8. The van der Waals surface area contributed by atoms with Gasteiger partial charge in [0.15, 0.2) is 8.07 Å². The minimum absolute atomic E-state index is 0.128. The summed E-state index contributed by atoms with van der Waals surface area (Å²) in [4.78, 5) is 0. The van der Waals surface area contributed by atoms with Crippen molar-refractivity contribution in [1.29, 1.82) is 0 Å². The van der Waals surface area contributed by atoms with Gasteiger partial charge in [-0.3, -0.25) is 0 Å². The van der Waals surface area contributed by atoms with Gasteiger partial charge in [0, 0.05) is 49.9 Å². The van der Waals surface area contributed by atoms with Crippen LogP contribution in [0.15, 0.2) is 206 Å². The van der Waals surface area contributed by atoms with Crippen molar-refractivity contribution in [2.24, 2.45) is 0 Å². The number of fused-ring (bicyclic) bond motifs is 9. The van der Waals surface area contributed by atoms with Crippen LogP contribution in [-0.4, -0.2) is 21.8 Å². The van der Waals surface area contributed by atoms with Gasteiger partial charge in [-0.15, -0.1) is 0 Å². The quantitative estimate of drug-likeness (QED) is 0.112. The van der Waals surface area contributed by atoms with E-state index in [1.807, 2.05) is 0 Å². The summed E-state index contributed by atoms with van der Waals surface area (Å²) >= 11 is 0. The normalized spacial score (nSPS) is 16.8. The van der Waals surface area contributed by atoms with E-state index in [0.717, 1.165) is 32.1 Å². The fraction of sp³-hybridized carbons (Fsp3) is 0.115. The zero-order valence-corrected chi connectivity index (χ0v) is 37.7. The van der Waals surface area contributed by atoms with Gasteiger partial charge in [-0.1, -0.05) is 164 Å². The summed E-state index contributed by atoms with van der Waals surface area (Å²) in [6.45, 7) is 2.40. The summed E-state index contributed by atoms with van der Waals surface area (Å²) in [7, 11) is -2.98. The van der Waals surface area contributed by atoms with Crippen molar-refractivity contribution in [3.8, 4) is 11.4 Å². The second-order valence-electron chi connectivity index (χ2n) is 18.5. The number of aromatic nitrogens is 3. The Morgan fingerprint density at radius 1 is 0.462 bits per heavy atom. The minimum Gasteiger partial charge on any atom is -0.334 e. The lowest BCUT2D eigenvalue weighted by Gasteiger charge is -2.35. The first-order chi connectivity index (χ1) is 32.1. The highest BCUT2D eigenvalue weighted by molar-refractivity contribution is 7.20. The maximum absolute atomic E-state index is 2.98. The molecule has 7 aromatic carbocycles. The summed E-state index contributed by atoms with van der Waals surface area (Å²) in [6.07, 6.45) is 23.8. The van der Waals surface area contributed by atoms with E-state index in [1.54, 1.807) is 0 Å². The number of hydrogen-bond donors (Lipinski definition) is 0. The molecule has 1 atom stereocenters. The Hall–Kier alpha value is -7.40. The van der Waals surface area contributed by atoms with Crippen LogP contribution in [0.5, 0.6) is 0 Å². The van der Waals surface area contributed by atoms with Crippen LogP contribution < -0.4 is 20.7 Å². The van der Waals surface area contributed by atoms with Crippen LogP contribution >= 0.6 is 0 Å². The van der Waals surface area contributed by atoms with E-state index in [2.05, 4.69) is 239 Å². The van der Waals surface area contributed by atoms with E-state index < -0.39 is 8.07 Å². The molecule has 3 aliphatic rings. The molecular weight excluding hydrogens is 803 g/mol. The van der Waals surface area contributed by atoms with E-state index in [0.29, 0.717) is 0 Å². The molecule has 3 nitrogen and oxygen atoms in total. The van der Waals surface area contributed by atoms with Crippen molar-refractivity contribution in [2.75, 3.05) is 0 Å². The van der Waals surface area contributed by atoms with E-state index in [-0.39, 0.29) is 5.54 Å². The molecule has 4 heteroatoms. The maximum atomic E-state index is 2.67. The lowest BCUT2D eigenvalue weighted by Crippen LogP contribution is -2.74. The van der Waals surface area contributed by atoms with Crippen molar-refractivity contribution in [1.82, 2.24) is 13.7 Å². The molecule has 13 rings (SSSR count). The van der Waals surface area contributed by atoms with Crippen LogP contribution in [0.4, 0.5) is 0 Å². The fourth-order valence-corrected chi connectivity index (χ4v) is 16.8. The van der Waals surface area contributed by atoms with Gasteiger partial charge in [-0.25, -0.2) is 0 Å². The van der Waals surface area contributed by atoms with E-state index in [1.165, 1.54) is 98.2 Å². The highest BCUT2D eigenvalue weighted by Crippen LogP contribution is 2.43. The zero-order chi connectivity index (χ0) is 43.1. The van der Waals surface area contributed by atoms with Crippen molar-refractivity contribution in [3.05, 3.63) is 229 Å². The number of para-hydroxylation sites is 2. The SMILES string of the molecule is CC1(n2c3c(c4cc5c(cc42)c2ccccc2n5-c2cccc([Si](c4ccccc4)(c4ccccc4)c4cccc(-n5c6c(c7ccccc75)CCC=C6)c4)c2)C=CCC3)C=CC=CC1. The Morgan fingerprint density at radius 2 is 1.06 bits per heavy atom. The van der Waals surface area contributed by atoms with Gasteiger partial charge in [-0.2, -0.15) is 0 Å². The first-order valence-corrected chi connectivity index (χ1v) is 25.4. The third kappa shape index (κ3) is 5.66. The molecular formula is C61H49N3Si. The van der Waals surface area contributed by atoms with Gasteiger partial charge in [-0.05, 0) is 120 Å². The van der Waals surface area contributed by atoms with Crippen LogP contribution in [0.1, 0.15) is 48.7 Å². The smallest absolute Gasteiger partial charge is 0.179 e. The molecule has 3 aromatic heterocycles. The molecule has 3 aliphatic carbocycles. The summed E-state index contributed by atoms with van der Waals surface area (Å²) in [5.74, 6) is 0. The van der Waals surface area contributed by atoms with Crippen molar-refractivity contribution in [2.45, 2.75) is 44.6 Å². The molecule has 1 unspecified atom stereocenters. The van der Waals surface area contributed by atoms with Crippen molar-refractivity contribution >= 4 is 84.6 Å². The molecule has 0 N–H and O–H groups in total. The minimum atomic E-state index is -2.98. The highest BCUT2D eigenvalue weighted by Gasteiger charge is 2.42. The second kappa shape index (κ2) is 14.8. The first kappa shape index (κ1) is 38.1. The van der Waals surface area contributed by atoms with Gasteiger partial charge < -0.3 is 13.7 Å². The maximum Gasteiger partial charge on any atom is 0.179 e. The zero-order valence-electron chi connectivity index (χ0n) is 36.7. The number of allylic oxidation sites excluding steroid dienone is 6. The predicted octanol–water partition coefficient (Wildman–Crippen LogP) is 12.2. The molecule has 0 spiro atoms. The standard InChI is InChI=1S/C61H49N3Si/c1-61(37-17-4-18-38-61)64-58-36-16-12-32-52(58)54-41-59-53(42-60(54)64)51-31-11-15-35-57(51)63(59)44-22-20-28-48(40-44)65(45-23-5-2-6-24-45,46-25-7-3-8-26-46)47-27-19-21-43(39-47)62-55-33-13-9-29-49(55)50-30-10-14-34-56(50)62/h2-9,11-15,17-29,31-35,37,39-42H,10,16,30,36,38H2,1H3. The molecule has 3 heterocycles. The number of hydrogen-bond acceptors (Lipinski definition) is 0. The largest absolute Gasteiger partial charge is 0.334 e. The number of nitrogens with zero attached hydrogens (tertiary/aromatic N) is 3. The Balaban J connectivity index is 1.08. The number of aryl methyl sites for hydroxylation is 1. The average Bonchev–Trinajstić information content (AvgIpc) is 4.00. The molecule has 0 bridgehead atoms. The van der Waals surface area contributed by atoms with Gasteiger partial charge in [0.05, 0.1) is 27.6 Å². The van der Waals surface area contributed by atoms with Crippen LogP contribution in [0.25, 0.3) is 67.1 Å². The van der Waals surface area contributed by atoms with Gasteiger partial charge >= 0.3 is 0 Å².